The third kappa shape index (κ3) is 1.28. The second kappa shape index (κ2) is 2.95. The lowest BCUT2D eigenvalue weighted by Gasteiger charge is -2.03. The molecule has 1 unspecified atom stereocenters. The van der Waals surface area contributed by atoms with Gasteiger partial charge in [0.25, 0.3) is 0 Å². The Hall–Kier alpha value is -0.740. The number of aliphatic hydroxyl groups excluding tert-OH is 1. The molecular weight excluding hydrogens is 224 g/mol. The maximum Gasteiger partial charge on any atom is 0.231 e. The molecule has 1 aromatic rings. The molecule has 1 aliphatic heterocycles. The van der Waals surface area contributed by atoms with Gasteiger partial charge in [0, 0.05) is 0 Å². The summed E-state index contributed by atoms with van der Waals surface area (Å²) in [6, 6.07) is 5.32. The molecule has 0 radical (unpaired) electrons. The average Bonchev–Trinajstić information content (AvgIpc) is 2.49. The summed E-state index contributed by atoms with van der Waals surface area (Å²) in [5, 5.41) is 8.53. The molecule has 0 fully saturated rings. The molecule has 12 heavy (non-hydrogen) atoms. The number of rotatable bonds is 1. The fourth-order valence-electron chi connectivity index (χ4n) is 1.06. The molecule has 0 spiro atoms. The van der Waals surface area contributed by atoms with E-state index in [1.807, 2.05) is 0 Å². The maximum atomic E-state index is 9.18. The molecule has 0 bridgehead atoms. The lowest BCUT2D eigenvalue weighted by molar-refractivity contribution is 0.174. The normalized spacial score (nSPS) is 16.2. The second-order valence-corrected chi connectivity index (χ2v) is 3.32. The minimum atomic E-state index is -0.646. The van der Waals surface area contributed by atoms with Crippen LogP contribution >= 0.6 is 15.9 Å². The Morgan fingerprint density at radius 1 is 1.33 bits per heavy atom. The van der Waals surface area contributed by atoms with Crippen LogP contribution in [0.25, 0.3) is 0 Å². The summed E-state index contributed by atoms with van der Waals surface area (Å²) in [5.74, 6) is 1.41. The zero-order chi connectivity index (χ0) is 8.55. The van der Waals surface area contributed by atoms with E-state index in [-0.39, 0.29) is 6.79 Å². The van der Waals surface area contributed by atoms with Crippen molar-refractivity contribution in [2.45, 2.75) is 5.01 Å². The van der Waals surface area contributed by atoms with Gasteiger partial charge in [-0.1, -0.05) is 22.0 Å². The Bertz CT molecular complexity index is 298. The topological polar surface area (TPSA) is 38.7 Å². The summed E-state index contributed by atoms with van der Waals surface area (Å²) in [6.45, 7) is 0.261. The molecule has 0 saturated heterocycles. The van der Waals surface area contributed by atoms with Gasteiger partial charge in [0.1, 0.15) is 5.01 Å². The molecule has 1 atom stereocenters. The number of ether oxygens (including phenoxy) is 2. The van der Waals surface area contributed by atoms with E-state index in [1.165, 1.54) is 0 Å². The van der Waals surface area contributed by atoms with Crippen LogP contribution in [-0.2, 0) is 0 Å². The van der Waals surface area contributed by atoms with Crippen LogP contribution < -0.4 is 9.47 Å². The third-order valence-electron chi connectivity index (χ3n) is 1.67. The molecular formula is C8H7BrO3. The molecule has 1 aliphatic rings. The van der Waals surface area contributed by atoms with Crippen LogP contribution in [0.1, 0.15) is 10.6 Å². The van der Waals surface area contributed by atoms with Crippen LogP contribution in [0.5, 0.6) is 11.5 Å². The second-order valence-electron chi connectivity index (χ2n) is 2.45. The monoisotopic (exact) mass is 230 g/mol. The minimum Gasteiger partial charge on any atom is -0.454 e. The van der Waals surface area contributed by atoms with E-state index in [4.69, 9.17) is 9.47 Å². The summed E-state index contributed by atoms with van der Waals surface area (Å²) in [6.07, 6.45) is 0. The van der Waals surface area contributed by atoms with Gasteiger partial charge in [-0.2, -0.15) is 0 Å². The van der Waals surface area contributed by atoms with E-state index < -0.39 is 5.01 Å². The summed E-state index contributed by atoms with van der Waals surface area (Å²) in [7, 11) is 0. The molecule has 2 rings (SSSR count). The molecule has 0 saturated carbocycles. The lowest BCUT2D eigenvalue weighted by Crippen LogP contribution is -1.93. The van der Waals surface area contributed by atoms with Crippen molar-refractivity contribution < 1.29 is 14.6 Å². The predicted molar refractivity (Wildman–Crippen MR) is 46.5 cm³/mol. The molecule has 0 aromatic heterocycles. The molecule has 1 heterocycles. The fraction of sp³-hybridized carbons (Fsp3) is 0.250. The maximum absolute atomic E-state index is 9.18. The van der Waals surface area contributed by atoms with E-state index in [9.17, 15) is 5.11 Å². The number of halogens is 1. The number of aliphatic hydroxyl groups is 1. The molecule has 1 N–H and O–H groups in total. The Labute approximate surface area is 78.0 Å². The van der Waals surface area contributed by atoms with Crippen molar-refractivity contribution in [3.8, 4) is 11.5 Å². The van der Waals surface area contributed by atoms with Gasteiger partial charge in [0.05, 0.1) is 0 Å². The molecule has 64 valence electrons. The SMILES string of the molecule is OC(Br)c1ccc2c(c1)OCO2. The lowest BCUT2D eigenvalue weighted by atomic mass is 10.2. The van der Waals surface area contributed by atoms with E-state index >= 15 is 0 Å². The van der Waals surface area contributed by atoms with Crippen LogP contribution in [0.2, 0.25) is 0 Å². The Morgan fingerprint density at radius 2 is 2.08 bits per heavy atom. The first-order valence-corrected chi connectivity index (χ1v) is 4.40. The highest BCUT2D eigenvalue weighted by molar-refractivity contribution is 9.09. The van der Waals surface area contributed by atoms with Crippen LogP contribution in [0.3, 0.4) is 0 Å². The van der Waals surface area contributed by atoms with E-state index in [2.05, 4.69) is 15.9 Å². The average molecular weight is 231 g/mol. The molecule has 0 aliphatic carbocycles. The third-order valence-corrected chi connectivity index (χ3v) is 2.20. The van der Waals surface area contributed by atoms with Gasteiger partial charge in [-0.05, 0) is 17.7 Å². The van der Waals surface area contributed by atoms with Gasteiger partial charge < -0.3 is 14.6 Å². The summed E-state index contributed by atoms with van der Waals surface area (Å²) in [5.41, 5.74) is 0.763. The highest BCUT2D eigenvalue weighted by atomic mass is 79.9. The fourth-order valence-corrected chi connectivity index (χ4v) is 1.35. The van der Waals surface area contributed by atoms with Crippen molar-refractivity contribution in [3.63, 3.8) is 0 Å². The van der Waals surface area contributed by atoms with Gasteiger partial charge in [-0.3, -0.25) is 0 Å². The summed E-state index contributed by atoms with van der Waals surface area (Å²) >= 11 is 3.05. The first kappa shape index (κ1) is 7.89. The van der Waals surface area contributed by atoms with Gasteiger partial charge in [0.15, 0.2) is 11.5 Å². The molecule has 1 aromatic carbocycles. The number of benzene rings is 1. The van der Waals surface area contributed by atoms with Crippen molar-refractivity contribution in [3.05, 3.63) is 23.8 Å². The zero-order valence-corrected chi connectivity index (χ0v) is 7.74. The van der Waals surface area contributed by atoms with Crippen molar-refractivity contribution >= 4 is 15.9 Å². The minimum absolute atomic E-state index is 0.261. The zero-order valence-electron chi connectivity index (χ0n) is 6.16. The molecule has 0 amide bonds. The van der Waals surface area contributed by atoms with Crippen molar-refractivity contribution in [2.24, 2.45) is 0 Å². The number of hydrogen-bond donors (Lipinski definition) is 1. The summed E-state index contributed by atoms with van der Waals surface area (Å²) < 4.78 is 10.2. The highest BCUT2D eigenvalue weighted by Gasteiger charge is 2.14. The van der Waals surface area contributed by atoms with Crippen LogP contribution in [0, 0.1) is 0 Å². The van der Waals surface area contributed by atoms with Gasteiger partial charge in [0.2, 0.25) is 6.79 Å². The highest BCUT2D eigenvalue weighted by Crippen LogP contribution is 2.35. The first-order valence-electron chi connectivity index (χ1n) is 3.49. The first-order chi connectivity index (χ1) is 5.77. The van der Waals surface area contributed by atoms with Crippen molar-refractivity contribution in [1.29, 1.82) is 0 Å². The van der Waals surface area contributed by atoms with Crippen LogP contribution in [0.15, 0.2) is 18.2 Å². The van der Waals surface area contributed by atoms with Crippen molar-refractivity contribution in [2.75, 3.05) is 6.79 Å². The molecule has 4 heteroatoms. The number of fused-ring (bicyclic) bond motifs is 1. The van der Waals surface area contributed by atoms with Gasteiger partial charge in [-0.15, -0.1) is 0 Å². The summed E-state index contributed by atoms with van der Waals surface area (Å²) in [4.78, 5) is 0. The van der Waals surface area contributed by atoms with E-state index in [0.29, 0.717) is 5.75 Å². The quantitative estimate of drug-likeness (QED) is 0.749. The van der Waals surface area contributed by atoms with Crippen LogP contribution in [-0.4, -0.2) is 11.9 Å². The predicted octanol–water partition coefficient (Wildman–Crippen LogP) is 1.80. The van der Waals surface area contributed by atoms with Gasteiger partial charge in [-0.25, -0.2) is 0 Å². The van der Waals surface area contributed by atoms with E-state index in [0.717, 1.165) is 11.3 Å². The van der Waals surface area contributed by atoms with E-state index in [1.54, 1.807) is 18.2 Å². The number of hydrogen-bond acceptors (Lipinski definition) is 3. The molecule has 3 nitrogen and oxygen atoms in total. The smallest absolute Gasteiger partial charge is 0.231 e. The standard InChI is InChI=1S/C8H7BrO3/c9-8(10)5-1-2-6-7(3-5)12-4-11-6/h1-3,8,10H,4H2. The van der Waals surface area contributed by atoms with Crippen LogP contribution in [0.4, 0.5) is 0 Å². The Kier molecular flexibility index (Phi) is 1.94. The van der Waals surface area contributed by atoms with Crippen molar-refractivity contribution in [1.82, 2.24) is 0 Å². The largest absolute Gasteiger partial charge is 0.454 e. The number of alkyl halides is 1. The Balaban J connectivity index is 2.39. The van der Waals surface area contributed by atoms with Gasteiger partial charge >= 0.3 is 0 Å². The Morgan fingerprint density at radius 3 is 2.83 bits per heavy atom.